The number of anilines is 1. The number of halogens is 1. The fourth-order valence-electron chi connectivity index (χ4n) is 3.07. The van der Waals surface area contributed by atoms with Gasteiger partial charge < -0.3 is 15.2 Å². The van der Waals surface area contributed by atoms with Crippen LogP contribution in [0.25, 0.3) is 0 Å². The number of carboxylic acid groups (broad SMARTS) is 1. The van der Waals surface area contributed by atoms with Crippen LogP contribution < -0.4 is 5.32 Å². The molecule has 3 rings (SSSR count). The van der Waals surface area contributed by atoms with Crippen LogP contribution in [-0.2, 0) is 14.3 Å². The van der Waals surface area contributed by atoms with Gasteiger partial charge in [-0.1, -0.05) is 34.1 Å². The molecule has 2 aliphatic rings. The average molecular weight is 352 g/mol. The summed E-state index contributed by atoms with van der Waals surface area (Å²) < 4.78 is 6.51. The van der Waals surface area contributed by atoms with Crippen molar-refractivity contribution in [3.8, 4) is 0 Å². The molecule has 0 aliphatic carbocycles. The van der Waals surface area contributed by atoms with Crippen molar-refractivity contribution in [2.45, 2.75) is 18.6 Å². The van der Waals surface area contributed by atoms with Crippen molar-refractivity contribution >= 4 is 33.5 Å². The fraction of sp³-hybridized carbons (Fsp3) is 0.333. The van der Waals surface area contributed by atoms with E-state index in [1.807, 2.05) is 6.07 Å². The van der Waals surface area contributed by atoms with Crippen LogP contribution in [0.15, 0.2) is 40.9 Å². The maximum Gasteiger partial charge on any atom is 0.310 e. The molecule has 1 saturated heterocycles. The lowest BCUT2D eigenvalue weighted by Crippen LogP contribution is -2.44. The van der Waals surface area contributed by atoms with Gasteiger partial charge in [0.1, 0.15) is 5.92 Å². The number of carboxylic acids is 1. The third kappa shape index (κ3) is 2.38. The van der Waals surface area contributed by atoms with E-state index >= 15 is 0 Å². The molecule has 1 aromatic carbocycles. The first-order valence-electron chi connectivity index (χ1n) is 6.57. The van der Waals surface area contributed by atoms with Crippen LogP contribution in [0.1, 0.15) is 6.92 Å². The van der Waals surface area contributed by atoms with Crippen LogP contribution in [0.4, 0.5) is 5.69 Å². The van der Waals surface area contributed by atoms with Gasteiger partial charge in [-0.25, -0.2) is 0 Å². The molecule has 2 bridgehead atoms. The lowest BCUT2D eigenvalue weighted by atomic mass is 9.75. The zero-order chi connectivity index (χ0) is 15.2. The molecule has 0 spiro atoms. The highest BCUT2D eigenvalue weighted by Gasteiger charge is 2.59. The molecule has 0 radical (unpaired) electrons. The third-order valence-corrected chi connectivity index (χ3v) is 4.49. The zero-order valence-corrected chi connectivity index (χ0v) is 12.8. The Morgan fingerprint density at radius 2 is 2.19 bits per heavy atom. The van der Waals surface area contributed by atoms with E-state index in [1.165, 1.54) is 0 Å². The molecule has 1 aromatic rings. The molecule has 1 amide bonds. The highest BCUT2D eigenvalue weighted by Crippen LogP contribution is 2.47. The Labute approximate surface area is 130 Å². The van der Waals surface area contributed by atoms with Crippen molar-refractivity contribution in [2.75, 3.05) is 5.32 Å². The summed E-state index contributed by atoms with van der Waals surface area (Å²) in [5.41, 5.74) is -0.238. The van der Waals surface area contributed by atoms with Crippen molar-refractivity contribution in [2.24, 2.45) is 11.8 Å². The molecule has 0 saturated carbocycles. The van der Waals surface area contributed by atoms with E-state index in [-0.39, 0.29) is 5.91 Å². The van der Waals surface area contributed by atoms with Gasteiger partial charge in [0.2, 0.25) is 5.91 Å². The largest absolute Gasteiger partial charge is 0.481 e. The summed E-state index contributed by atoms with van der Waals surface area (Å²) in [6.07, 6.45) is 2.97. The predicted molar refractivity (Wildman–Crippen MR) is 79.8 cm³/mol. The summed E-state index contributed by atoms with van der Waals surface area (Å²) in [5, 5.41) is 12.2. The number of hydrogen-bond acceptors (Lipinski definition) is 3. The van der Waals surface area contributed by atoms with Gasteiger partial charge in [-0.15, -0.1) is 0 Å². The Kier molecular flexibility index (Phi) is 3.37. The Balaban J connectivity index is 1.86. The second-order valence-electron chi connectivity index (χ2n) is 5.47. The molecular formula is C15H14BrNO4. The normalized spacial score (nSPS) is 33.1. The molecule has 4 atom stereocenters. The number of aliphatic carboxylic acids is 1. The molecule has 21 heavy (non-hydrogen) atoms. The van der Waals surface area contributed by atoms with E-state index in [0.29, 0.717) is 5.69 Å². The first-order valence-corrected chi connectivity index (χ1v) is 7.36. The van der Waals surface area contributed by atoms with Crippen molar-refractivity contribution in [1.29, 1.82) is 0 Å². The van der Waals surface area contributed by atoms with Crippen LogP contribution in [0.5, 0.6) is 0 Å². The Bertz CT molecular complexity index is 644. The minimum atomic E-state index is -1.01. The number of amides is 1. The maximum absolute atomic E-state index is 12.5. The van der Waals surface area contributed by atoms with Gasteiger partial charge in [0, 0.05) is 10.2 Å². The summed E-state index contributed by atoms with van der Waals surface area (Å²) in [6.45, 7) is 1.75. The van der Waals surface area contributed by atoms with Crippen LogP contribution in [-0.4, -0.2) is 28.7 Å². The number of nitrogens with one attached hydrogen (secondary N) is 1. The monoisotopic (exact) mass is 351 g/mol. The number of ether oxygens (including phenoxy) is 1. The van der Waals surface area contributed by atoms with Crippen LogP contribution in [0, 0.1) is 11.8 Å². The Morgan fingerprint density at radius 3 is 2.86 bits per heavy atom. The number of carbonyl (C=O) groups is 2. The Hall–Kier alpha value is -1.66. The van der Waals surface area contributed by atoms with Crippen LogP contribution in [0.3, 0.4) is 0 Å². The summed E-state index contributed by atoms with van der Waals surface area (Å²) in [4.78, 5) is 24.0. The molecule has 2 heterocycles. The predicted octanol–water partition coefficient (Wildman–Crippen LogP) is 2.43. The standard InChI is InChI=1S/C15H14BrNO4/c1-15-6-5-10(21-15)11(14(19)20)12(15)13(18)17-9-4-2-3-8(16)7-9/h2-7,10-12H,1H3,(H,17,18)(H,19,20)/t10-,11-,12+,15+/m1/s1. The highest BCUT2D eigenvalue weighted by molar-refractivity contribution is 9.10. The van der Waals surface area contributed by atoms with E-state index in [4.69, 9.17) is 4.74 Å². The van der Waals surface area contributed by atoms with Crippen molar-refractivity contribution in [3.63, 3.8) is 0 Å². The molecule has 2 aliphatic heterocycles. The van der Waals surface area contributed by atoms with Gasteiger partial charge in [0.05, 0.1) is 17.6 Å². The van der Waals surface area contributed by atoms with E-state index < -0.39 is 29.5 Å². The molecule has 2 N–H and O–H groups in total. The van der Waals surface area contributed by atoms with Gasteiger partial charge >= 0.3 is 5.97 Å². The van der Waals surface area contributed by atoms with Gasteiger partial charge in [-0.05, 0) is 25.1 Å². The summed E-state index contributed by atoms with van der Waals surface area (Å²) in [5.74, 6) is -2.95. The molecule has 0 unspecified atom stereocenters. The van der Waals surface area contributed by atoms with E-state index in [2.05, 4.69) is 21.2 Å². The lowest BCUT2D eigenvalue weighted by molar-refractivity contribution is -0.146. The maximum atomic E-state index is 12.5. The second-order valence-corrected chi connectivity index (χ2v) is 6.38. The van der Waals surface area contributed by atoms with Crippen molar-refractivity contribution in [3.05, 3.63) is 40.9 Å². The van der Waals surface area contributed by atoms with Crippen LogP contribution >= 0.6 is 15.9 Å². The number of benzene rings is 1. The molecule has 110 valence electrons. The molecule has 6 heteroatoms. The first kappa shape index (κ1) is 14.3. The van der Waals surface area contributed by atoms with Crippen LogP contribution in [0.2, 0.25) is 0 Å². The quantitative estimate of drug-likeness (QED) is 0.820. The van der Waals surface area contributed by atoms with Gasteiger partial charge in [-0.2, -0.15) is 0 Å². The fourth-order valence-corrected chi connectivity index (χ4v) is 3.47. The second kappa shape index (κ2) is 4.96. The van der Waals surface area contributed by atoms with Gasteiger partial charge in [0.25, 0.3) is 0 Å². The summed E-state index contributed by atoms with van der Waals surface area (Å²) >= 11 is 3.33. The van der Waals surface area contributed by atoms with Crippen molar-refractivity contribution < 1.29 is 19.4 Å². The third-order valence-electron chi connectivity index (χ3n) is 4.00. The summed E-state index contributed by atoms with van der Waals surface area (Å²) in [6, 6.07) is 7.16. The molecular weight excluding hydrogens is 338 g/mol. The molecule has 5 nitrogen and oxygen atoms in total. The molecule has 0 aromatic heterocycles. The highest BCUT2D eigenvalue weighted by atomic mass is 79.9. The smallest absolute Gasteiger partial charge is 0.310 e. The summed E-state index contributed by atoms with van der Waals surface area (Å²) in [7, 11) is 0. The lowest BCUT2D eigenvalue weighted by Gasteiger charge is -2.27. The molecule has 1 fully saturated rings. The number of fused-ring (bicyclic) bond motifs is 2. The Morgan fingerprint density at radius 1 is 1.43 bits per heavy atom. The van der Waals surface area contributed by atoms with Crippen molar-refractivity contribution in [1.82, 2.24) is 0 Å². The number of hydrogen-bond donors (Lipinski definition) is 2. The minimum absolute atomic E-state index is 0.338. The number of carbonyl (C=O) groups excluding carboxylic acids is 1. The van der Waals surface area contributed by atoms with E-state index in [0.717, 1.165) is 4.47 Å². The van der Waals surface area contributed by atoms with E-state index in [1.54, 1.807) is 37.3 Å². The first-order chi connectivity index (χ1) is 9.90. The average Bonchev–Trinajstić information content (AvgIpc) is 2.91. The SMILES string of the molecule is C[C@@]12C=C[C@@H](O1)[C@@H](C(=O)O)[C@H]2C(=O)Nc1cccc(Br)c1. The van der Waals surface area contributed by atoms with Gasteiger partial charge in [-0.3, -0.25) is 9.59 Å². The minimum Gasteiger partial charge on any atom is -0.481 e. The number of rotatable bonds is 3. The van der Waals surface area contributed by atoms with E-state index in [9.17, 15) is 14.7 Å². The zero-order valence-electron chi connectivity index (χ0n) is 11.2. The van der Waals surface area contributed by atoms with Gasteiger partial charge in [0.15, 0.2) is 0 Å². The topological polar surface area (TPSA) is 75.6 Å².